The van der Waals surface area contributed by atoms with Crippen molar-refractivity contribution in [3.63, 3.8) is 0 Å². The van der Waals surface area contributed by atoms with Gasteiger partial charge in [-0.05, 0) is 35.4 Å². The van der Waals surface area contributed by atoms with Crippen LogP contribution in [0.1, 0.15) is 24.2 Å². The van der Waals surface area contributed by atoms with E-state index in [-0.39, 0.29) is 6.04 Å². The van der Waals surface area contributed by atoms with Gasteiger partial charge in [0, 0.05) is 23.3 Å². The van der Waals surface area contributed by atoms with Gasteiger partial charge < -0.3 is 5.32 Å². The topological polar surface area (TPSA) is 37.8 Å². The van der Waals surface area contributed by atoms with Crippen molar-refractivity contribution < 1.29 is 0 Å². The van der Waals surface area contributed by atoms with Crippen LogP contribution in [0, 0.1) is 0 Å². The van der Waals surface area contributed by atoms with E-state index in [2.05, 4.69) is 51.9 Å². The number of nitrogens with zero attached hydrogens (tertiary/aromatic N) is 2. The second-order valence-electron chi connectivity index (χ2n) is 4.70. The number of fused-ring (bicyclic) bond motifs is 1. The van der Waals surface area contributed by atoms with Crippen molar-refractivity contribution in [3.8, 4) is 0 Å². The van der Waals surface area contributed by atoms with E-state index in [9.17, 15) is 0 Å². The summed E-state index contributed by atoms with van der Waals surface area (Å²) in [4.78, 5) is 8.62. The molecular weight excluding hydrogens is 266 g/mol. The first kappa shape index (κ1) is 13.2. The number of rotatable bonds is 5. The van der Waals surface area contributed by atoms with Crippen LogP contribution in [0.25, 0.3) is 10.1 Å². The van der Waals surface area contributed by atoms with Gasteiger partial charge in [0.05, 0.1) is 11.7 Å². The van der Waals surface area contributed by atoms with E-state index in [0.29, 0.717) is 0 Å². The smallest absolute Gasteiger partial charge is 0.0759 e. The Hall–Kier alpha value is -1.78. The van der Waals surface area contributed by atoms with Crippen molar-refractivity contribution in [2.75, 3.05) is 6.54 Å². The van der Waals surface area contributed by atoms with Crippen LogP contribution >= 0.6 is 11.3 Å². The van der Waals surface area contributed by atoms with E-state index in [1.165, 1.54) is 15.6 Å². The van der Waals surface area contributed by atoms with Crippen LogP contribution in [0.15, 0.2) is 48.2 Å². The Morgan fingerprint density at radius 2 is 2.15 bits per heavy atom. The Morgan fingerprint density at radius 3 is 2.95 bits per heavy atom. The van der Waals surface area contributed by atoms with Gasteiger partial charge in [0.25, 0.3) is 0 Å². The SMILES string of the molecule is CCNC(Cc1csc2ccccc12)c1cnccn1. The number of aromatic nitrogens is 2. The highest BCUT2D eigenvalue weighted by atomic mass is 32.1. The zero-order chi connectivity index (χ0) is 13.8. The summed E-state index contributed by atoms with van der Waals surface area (Å²) < 4.78 is 1.34. The van der Waals surface area contributed by atoms with E-state index in [1.54, 1.807) is 23.7 Å². The van der Waals surface area contributed by atoms with Gasteiger partial charge in [-0.3, -0.25) is 9.97 Å². The molecule has 2 heterocycles. The molecular formula is C16H17N3S. The van der Waals surface area contributed by atoms with E-state index < -0.39 is 0 Å². The lowest BCUT2D eigenvalue weighted by atomic mass is 10.0. The molecule has 0 aliphatic rings. The Labute approximate surface area is 122 Å². The van der Waals surface area contributed by atoms with Crippen molar-refractivity contribution in [2.45, 2.75) is 19.4 Å². The predicted molar refractivity (Wildman–Crippen MR) is 84.0 cm³/mol. The molecule has 0 aliphatic heterocycles. The quantitative estimate of drug-likeness (QED) is 0.777. The van der Waals surface area contributed by atoms with Gasteiger partial charge in [0.1, 0.15) is 0 Å². The van der Waals surface area contributed by atoms with Crippen molar-refractivity contribution in [1.29, 1.82) is 0 Å². The molecule has 0 saturated heterocycles. The standard InChI is InChI=1S/C16H17N3S/c1-2-18-14(15-10-17-7-8-19-15)9-12-11-20-16-6-4-3-5-13(12)16/h3-8,10-11,14,18H,2,9H2,1H3. The number of thiophene rings is 1. The second kappa shape index (κ2) is 6.11. The molecule has 0 spiro atoms. The van der Waals surface area contributed by atoms with Crippen LogP contribution in [0.4, 0.5) is 0 Å². The van der Waals surface area contributed by atoms with Crippen LogP contribution in [-0.4, -0.2) is 16.5 Å². The Morgan fingerprint density at radius 1 is 1.25 bits per heavy atom. The van der Waals surface area contributed by atoms with Gasteiger partial charge in [-0.2, -0.15) is 0 Å². The normalized spacial score (nSPS) is 12.7. The first-order valence-electron chi connectivity index (χ1n) is 6.83. The molecule has 3 nitrogen and oxygen atoms in total. The summed E-state index contributed by atoms with van der Waals surface area (Å²) in [6.07, 6.45) is 6.26. The molecule has 4 heteroatoms. The maximum Gasteiger partial charge on any atom is 0.0759 e. The number of benzene rings is 1. The lowest BCUT2D eigenvalue weighted by Crippen LogP contribution is -2.23. The molecule has 3 aromatic rings. The minimum atomic E-state index is 0.215. The molecule has 1 unspecified atom stereocenters. The molecule has 102 valence electrons. The molecule has 0 aliphatic carbocycles. The van der Waals surface area contributed by atoms with Crippen LogP contribution in [0.2, 0.25) is 0 Å². The van der Waals surface area contributed by atoms with E-state index >= 15 is 0 Å². The molecule has 1 atom stereocenters. The minimum Gasteiger partial charge on any atom is -0.309 e. The van der Waals surface area contributed by atoms with Gasteiger partial charge in [0.2, 0.25) is 0 Å². The van der Waals surface area contributed by atoms with E-state index in [0.717, 1.165) is 18.7 Å². The van der Waals surface area contributed by atoms with E-state index in [4.69, 9.17) is 0 Å². The third-order valence-electron chi connectivity index (χ3n) is 3.38. The van der Waals surface area contributed by atoms with Gasteiger partial charge in [-0.15, -0.1) is 11.3 Å². The highest BCUT2D eigenvalue weighted by Crippen LogP contribution is 2.28. The van der Waals surface area contributed by atoms with Crippen molar-refractivity contribution in [3.05, 3.63) is 59.5 Å². The monoisotopic (exact) mass is 283 g/mol. The zero-order valence-corrected chi connectivity index (χ0v) is 12.2. The molecule has 1 aromatic carbocycles. The molecule has 0 radical (unpaired) electrons. The third-order valence-corrected chi connectivity index (χ3v) is 4.39. The number of nitrogens with one attached hydrogen (secondary N) is 1. The number of hydrogen-bond donors (Lipinski definition) is 1. The lowest BCUT2D eigenvalue weighted by Gasteiger charge is -2.16. The fraction of sp³-hybridized carbons (Fsp3) is 0.250. The predicted octanol–water partition coefficient (Wildman–Crippen LogP) is 3.58. The molecule has 3 rings (SSSR count). The van der Waals surface area contributed by atoms with Crippen molar-refractivity contribution in [1.82, 2.24) is 15.3 Å². The minimum absolute atomic E-state index is 0.215. The van der Waals surface area contributed by atoms with Gasteiger partial charge in [-0.25, -0.2) is 0 Å². The van der Waals surface area contributed by atoms with Crippen LogP contribution in [0.5, 0.6) is 0 Å². The Bertz CT molecular complexity index is 678. The van der Waals surface area contributed by atoms with E-state index in [1.807, 2.05) is 6.20 Å². The summed E-state index contributed by atoms with van der Waals surface area (Å²) in [5.74, 6) is 0. The van der Waals surface area contributed by atoms with Crippen LogP contribution in [-0.2, 0) is 6.42 Å². The van der Waals surface area contributed by atoms with Gasteiger partial charge in [0.15, 0.2) is 0 Å². The largest absolute Gasteiger partial charge is 0.309 e. The van der Waals surface area contributed by atoms with Crippen molar-refractivity contribution >= 4 is 21.4 Å². The summed E-state index contributed by atoms with van der Waals surface area (Å²) in [7, 11) is 0. The zero-order valence-electron chi connectivity index (χ0n) is 11.4. The maximum atomic E-state index is 4.44. The summed E-state index contributed by atoms with van der Waals surface area (Å²) in [6, 6.07) is 8.78. The Balaban J connectivity index is 1.90. The number of hydrogen-bond acceptors (Lipinski definition) is 4. The van der Waals surface area contributed by atoms with Gasteiger partial charge >= 0.3 is 0 Å². The molecule has 0 fully saturated rings. The van der Waals surface area contributed by atoms with Crippen LogP contribution < -0.4 is 5.32 Å². The highest BCUT2D eigenvalue weighted by Gasteiger charge is 2.15. The molecule has 0 bridgehead atoms. The average molecular weight is 283 g/mol. The molecule has 1 N–H and O–H groups in total. The Kier molecular flexibility index (Phi) is 4.04. The maximum absolute atomic E-state index is 4.44. The third kappa shape index (κ3) is 2.71. The molecule has 0 amide bonds. The first-order valence-corrected chi connectivity index (χ1v) is 7.71. The molecule has 2 aromatic heterocycles. The fourth-order valence-corrected chi connectivity index (χ4v) is 3.40. The van der Waals surface area contributed by atoms with Crippen molar-refractivity contribution in [2.24, 2.45) is 0 Å². The fourth-order valence-electron chi connectivity index (χ4n) is 2.43. The summed E-state index contributed by atoms with van der Waals surface area (Å²) in [5, 5.41) is 7.11. The molecule has 20 heavy (non-hydrogen) atoms. The second-order valence-corrected chi connectivity index (χ2v) is 5.61. The average Bonchev–Trinajstić information content (AvgIpc) is 2.91. The lowest BCUT2D eigenvalue weighted by molar-refractivity contribution is 0.536. The summed E-state index contributed by atoms with van der Waals surface area (Å²) >= 11 is 1.81. The van der Waals surface area contributed by atoms with Crippen LogP contribution in [0.3, 0.4) is 0 Å². The molecule has 0 saturated carbocycles. The number of likely N-dealkylation sites (N-methyl/N-ethyl adjacent to an activating group) is 1. The highest BCUT2D eigenvalue weighted by molar-refractivity contribution is 7.17. The first-order chi connectivity index (χ1) is 9.88. The summed E-state index contributed by atoms with van der Waals surface area (Å²) in [6.45, 7) is 3.04. The summed E-state index contributed by atoms with van der Waals surface area (Å²) in [5.41, 5.74) is 2.38. The van der Waals surface area contributed by atoms with Gasteiger partial charge in [-0.1, -0.05) is 25.1 Å².